The molecule has 1 heterocycles. The summed E-state index contributed by atoms with van der Waals surface area (Å²) >= 11 is 0. The summed E-state index contributed by atoms with van der Waals surface area (Å²) in [4.78, 5) is 0. The van der Waals surface area contributed by atoms with Crippen LogP contribution in [0.1, 0.15) is 26.7 Å². The molecule has 0 radical (unpaired) electrons. The molecule has 0 spiro atoms. The van der Waals surface area contributed by atoms with Crippen LogP contribution >= 0.6 is 0 Å². The van der Waals surface area contributed by atoms with Gasteiger partial charge < -0.3 is 9.47 Å². The van der Waals surface area contributed by atoms with Gasteiger partial charge in [-0.2, -0.15) is 0 Å². The molecule has 0 aromatic rings. The van der Waals surface area contributed by atoms with Crippen LogP contribution in [0.15, 0.2) is 0 Å². The van der Waals surface area contributed by atoms with Gasteiger partial charge in [0.25, 0.3) is 0 Å². The first-order chi connectivity index (χ1) is 4.86. The third-order valence-corrected chi connectivity index (χ3v) is 1.90. The van der Waals surface area contributed by atoms with Crippen LogP contribution in [0.25, 0.3) is 0 Å². The highest BCUT2D eigenvalue weighted by atomic mass is 16.6. The first-order valence-electron chi connectivity index (χ1n) is 4.10. The summed E-state index contributed by atoms with van der Waals surface area (Å²) in [5.74, 6) is 0. The first kappa shape index (κ1) is 8.02. The molecule has 0 N–H and O–H groups in total. The molecule has 2 atom stereocenters. The number of hydrogen-bond donors (Lipinski definition) is 0. The third kappa shape index (κ3) is 1.96. The highest BCUT2D eigenvalue weighted by Crippen LogP contribution is 2.12. The zero-order chi connectivity index (χ0) is 7.40. The Labute approximate surface area is 62.5 Å². The average Bonchev–Trinajstić information content (AvgIpc) is 2.05. The van der Waals surface area contributed by atoms with Crippen molar-refractivity contribution >= 4 is 0 Å². The quantitative estimate of drug-likeness (QED) is 0.586. The molecule has 0 aliphatic carbocycles. The summed E-state index contributed by atoms with van der Waals surface area (Å²) in [6.07, 6.45) is 2.82. The molecule has 2 heteroatoms. The van der Waals surface area contributed by atoms with Crippen LogP contribution in [0, 0.1) is 0 Å². The van der Waals surface area contributed by atoms with Gasteiger partial charge in [-0.1, -0.05) is 13.8 Å². The minimum absolute atomic E-state index is 0.346. The minimum Gasteiger partial charge on any atom is -0.376 e. The van der Waals surface area contributed by atoms with E-state index < -0.39 is 0 Å². The van der Waals surface area contributed by atoms with Crippen LogP contribution in [0.4, 0.5) is 0 Å². The lowest BCUT2D eigenvalue weighted by Crippen LogP contribution is -2.35. The molecule has 60 valence electrons. The summed E-state index contributed by atoms with van der Waals surface area (Å²) in [5.41, 5.74) is 0. The summed E-state index contributed by atoms with van der Waals surface area (Å²) in [7, 11) is 0. The van der Waals surface area contributed by atoms with Crippen LogP contribution in [0.2, 0.25) is 0 Å². The van der Waals surface area contributed by atoms with Crippen LogP contribution in [-0.4, -0.2) is 25.4 Å². The van der Waals surface area contributed by atoms with Gasteiger partial charge in [0.15, 0.2) is 0 Å². The molecule has 1 aliphatic rings. The molecular formula is C8H16O2. The normalized spacial score (nSPS) is 34.2. The monoisotopic (exact) mass is 144 g/mol. The van der Waals surface area contributed by atoms with Gasteiger partial charge >= 0.3 is 0 Å². The topological polar surface area (TPSA) is 18.5 Å². The molecule has 1 saturated heterocycles. The molecule has 1 rings (SSSR count). The van der Waals surface area contributed by atoms with E-state index in [0.717, 1.165) is 26.1 Å². The fraction of sp³-hybridized carbons (Fsp3) is 1.00. The fourth-order valence-electron chi connectivity index (χ4n) is 1.11. The van der Waals surface area contributed by atoms with E-state index in [-0.39, 0.29) is 0 Å². The second-order valence-electron chi connectivity index (χ2n) is 2.73. The van der Waals surface area contributed by atoms with Gasteiger partial charge in [0.2, 0.25) is 0 Å². The van der Waals surface area contributed by atoms with Crippen molar-refractivity contribution in [2.24, 2.45) is 0 Å². The van der Waals surface area contributed by atoms with E-state index in [9.17, 15) is 0 Å². The lowest BCUT2D eigenvalue weighted by molar-refractivity contribution is -0.138. The molecule has 0 saturated carbocycles. The van der Waals surface area contributed by atoms with E-state index in [1.807, 2.05) is 0 Å². The second kappa shape index (κ2) is 3.94. The third-order valence-electron chi connectivity index (χ3n) is 1.90. The molecule has 0 aromatic carbocycles. The zero-order valence-corrected chi connectivity index (χ0v) is 6.80. The van der Waals surface area contributed by atoms with E-state index >= 15 is 0 Å². The molecule has 0 aromatic heterocycles. The van der Waals surface area contributed by atoms with Gasteiger partial charge in [0.1, 0.15) is 0 Å². The lowest BCUT2D eigenvalue weighted by atomic mass is 10.2. The Hall–Kier alpha value is -0.0800. The molecule has 1 aliphatic heterocycles. The van der Waals surface area contributed by atoms with Crippen LogP contribution < -0.4 is 0 Å². The van der Waals surface area contributed by atoms with Crippen molar-refractivity contribution in [3.63, 3.8) is 0 Å². The van der Waals surface area contributed by atoms with Crippen molar-refractivity contribution in [1.82, 2.24) is 0 Å². The number of rotatable bonds is 2. The van der Waals surface area contributed by atoms with Gasteiger partial charge in [-0.3, -0.25) is 0 Å². The van der Waals surface area contributed by atoms with Crippen molar-refractivity contribution in [3.05, 3.63) is 0 Å². The summed E-state index contributed by atoms with van der Waals surface area (Å²) in [5, 5.41) is 0. The molecule has 0 amide bonds. The van der Waals surface area contributed by atoms with E-state index in [1.54, 1.807) is 0 Å². The maximum atomic E-state index is 5.66. The summed E-state index contributed by atoms with van der Waals surface area (Å²) in [6, 6.07) is 0. The predicted molar refractivity (Wildman–Crippen MR) is 40.1 cm³/mol. The SMILES string of the molecule is CCC1COCC(CC)O1. The van der Waals surface area contributed by atoms with E-state index in [2.05, 4.69) is 13.8 Å². The molecular weight excluding hydrogens is 128 g/mol. The maximum Gasteiger partial charge on any atom is 0.0810 e. The molecule has 2 unspecified atom stereocenters. The standard InChI is InChI=1S/C8H16O2/c1-3-7-5-9-6-8(4-2)10-7/h7-8H,3-6H2,1-2H3. The Morgan fingerprint density at radius 3 is 2.00 bits per heavy atom. The number of hydrogen-bond acceptors (Lipinski definition) is 2. The van der Waals surface area contributed by atoms with Crippen molar-refractivity contribution in [3.8, 4) is 0 Å². The van der Waals surface area contributed by atoms with Crippen molar-refractivity contribution in [2.45, 2.75) is 38.9 Å². The van der Waals surface area contributed by atoms with E-state index in [4.69, 9.17) is 9.47 Å². The predicted octanol–water partition coefficient (Wildman–Crippen LogP) is 1.59. The van der Waals surface area contributed by atoms with Gasteiger partial charge in [-0.15, -0.1) is 0 Å². The largest absolute Gasteiger partial charge is 0.376 e. The summed E-state index contributed by atoms with van der Waals surface area (Å²) < 4.78 is 11.0. The van der Waals surface area contributed by atoms with Crippen molar-refractivity contribution < 1.29 is 9.47 Å². The van der Waals surface area contributed by atoms with Gasteiger partial charge in [-0.25, -0.2) is 0 Å². The Bertz CT molecular complexity index is 83.3. The van der Waals surface area contributed by atoms with Crippen LogP contribution in [0.3, 0.4) is 0 Å². The lowest BCUT2D eigenvalue weighted by Gasteiger charge is -2.28. The highest BCUT2D eigenvalue weighted by Gasteiger charge is 2.19. The van der Waals surface area contributed by atoms with Gasteiger partial charge in [0.05, 0.1) is 25.4 Å². The Morgan fingerprint density at radius 1 is 1.10 bits per heavy atom. The first-order valence-corrected chi connectivity index (χ1v) is 4.10. The van der Waals surface area contributed by atoms with Crippen LogP contribution in [0.5, 0.6) is 0 Å². The molecule has 2 nitrogen and oxygen atoms in total. The maximum absolute atomic E-state index is 5.66. The fourth-order valence-corrected chi connectivity index (χ4v) is 1.11. The Kier molecular flexibility index (Phi) is 3.16. The summed E-state index contributed by atoms with van der Waals surface area (Å²) in [6.45, 7) is 5.83. The van der Waals surface area contributed by atoms with Crippen molar-refractivity contribution in [1.29, 1.82) is 0 Å². The van der Waals surface area contributed by atoms with Gasteiger partial charge in [-0.05, 0) is 12.8 Å². The Morgan fingerprint density at radius 2 is 1.60 bits per heavy atom. The Balaban J connectivity index is 2.25. The minimum atomic E-state index is 0.346. The second-order valence-corrected chi connectivity index (χ2v) is 2.73. The highest BCUT2D eigenvalue weighted by molar-refractivity contribution is 4.65. The van der Waals surface area contributed by atoms with Gasteiger partial charge in [0, 0.05) is 0 Å². The zero-order valence-electron chi connectivity index (χ0n) is 6.80. The van der Waals surface area contributed by atoms with E-state index in [1.165, 1.54) is 0 Å². The molecule has 0 bridgehead atoms. The molecule has 1 fully saturated rings. The smallest absolute Gasteiger partial charge is 0.0810 e. The van der Waals surface area contributed by atoms with Crippen LogP contribution in [-0.2, 0) is 9.47 Å². The molecule has 10 heavy (non-hydrogen) atoms. The van der Waals surface area contributed by atoms with E-state index in [0.29, 0.717) is 12.2 Å². The average molecular weight is 144 g/mol. The van der Waals surface area contributed by atoms with Crippen molar-refractivity contribution in [2.75, 3.05) is 13.2 Å². The number of ether oxygens (including phenoxy) is 2.